The molecule has 1 heterocycles. The first-order valence-electron chi connectivity index (χ1n) is 7.25. The van der Waals surface area contributed by atoms with Gasteiger partial charge in [0.05, 0.1) is 0 Å². The molecule has 0 aliphatic carbocycles. The monoisotopic (exact) mass is 366 g/mol. The maximum absolute atomic E-state index is 12.6. The lowest BCUT2D eigenvalue weighted by molar-refractivity contribution is -0.159. The van der Waals surface area contributed by atoms with Crippen LogP contribution in [0.5, 0.6) is 0 Å². The van der Waals surface area contributed by atoms with Crippen LogP contribution in [0, 0.1) is 13.8 Å². The predicted molar refractivity (Wildman–Crippen MR) is 85.3 cm³/mol. The fraction of sp³-hybridized carbons (Fsp3) is 0.176. The summed E-state index contributed by atoms with van der Waals surface area (Å²) >= 11 is -1.39. The minimum Gasteiger partial charge on any atom is -0.606 e. The molecule has 0 spiro atoms. The van der Waals surface area contributed by atoms with Crippen LogP contribution in [0.1, 0.15) is 17.0 Å². The molecule has 0 aliphatic heterocycles. The average Bonchev–Trinajstić information content (AvgIpc) is 3.03. The molecule has 1 atom stereocenters. The van der Waals surface area contributed by atoms with Gasteiger partial charge in [0.1, 0.15) is 0 Å². The van der Waals surface area contributed by atoms with E-state index in [9.17, 15) is 17.7 Å². The van der Waals surface area contributed by atoms with Crippen LogP contribution in [0.25, 0.3) is 11.4 Å². The zero-order valence-corrected chi connectivity index (χ0v) is 14.1. The first kappa shape index (κ1) is 17.5. The summed E-state index contributed by atoms with van der Waals surface area (Å²) in [6.07, 6.45) is -4.68. The smallest absolute Gasteiger partial charge is 0.471 e. The van der Waals surface area contributed by atoms with E-state index in [1.165, 1.54) is 12.1 Å². The second-order valence-electron chi connectivity index (χ2n) is 5.54. The summed E-state index contributed by atoms with van der Waals surface area (Å²) in [6, 6.07) is 11.8. The standard InChI is InChI=1S/C17H13F3N2O2S/c1-10-7-11(2)9-14(8-10)25(23)13-5-3-12(4-6-13)15-21-16(24-22-15)17(18,19)20/h3-9H,1-2H3. The Morgan fingerprint density at radius 3 is 2.08 bits per heavy atom. The Balaban J connectivity index is 1.85. The Morgan fingerprint density at radius 2 is 1.56 bits per heavy atom. The van der Waals surface area contributed by atoms with Crippen molar-refractivity contribution in [2.45, 2.75) is 29.8 Å². The van der Waals surface area contributed by atoms with E-state index < -0.39 is 23.2 Å². The number of aromatic nitrogens is 2. The normalized spacial score (nSPS) is 13.0. The van der Waals surface area contributed by atoms with Crippen molar-refractivity contribution in [3.05, 3.63) is 59.5 Å². The Morgan fingerprint density at radius 1 is 0.960 bits per heavy atom. The number of alkyl halides is 3. The summed E-state index contributed by atoms with van der Waals surface area (Å²) < 4.78 is 54.4. The predicted octanol–water partition coefficient (Wildman–Crippen LogP) is 4.54. The van der Waals surface area contributed by atoms with E-state index in [0.717, 1.165) is 11.1 Å². The van der Waals surface area contributed by atoms with Gasteiger partial charge in [-0.1, -0.05) is 11.2 Å². The molecule has 0 aliphatic rings. The molecule has 0 N–H and O–H groups in total. The van der Waals surface area contributed by atoms with Crippen molar-refractivity contribution in [3.8, 4) is 11.4 Å². The van der Waals surface area contributed by atoms with Crippen LogP contribution in [0.2, 0.25) is 0 Å². The molecule has 0 radical (unpaired) electrons. The molecule has 8 heteroatoms. The van der Waals surface area contributed by atoms with Gasteiger partial charge >= 0.3 is 12.1 Å². The van der Waals surface area contributed by atoms with Crippen molar-refractivity contribution < 1.29 is 22.2 Å². The summed E-state index contributed by atoms with van der Waals surface area (Å²) in [5, 5.41) is 3.33. The number of rotatable bonds is 3. The Labute approximate surface area is 144 Å². The first-order valence-corrected chi connectivity index (χ1v) is 8.40. The van der Waals surface area contributed by atoms with Crippen LogP contribution in [0.4, 0.5) is 13.2 Å². The minimum absolute atomic E-state index is 0.170. The highest BCUT2D eigenvalue weighted by molar-refractivity contribution is 7.91. The van der Waals surface area contributed by atoms with Crippen LogP contribution in [-0.2, 0) is 17.4 Å². The molecule has 0 amide bonds. The van der Waals surface area contributed by atoms with Crippen molar-refractivity contribution in [1.82, 2.24) is 10.1 Å². The molecule has 0 saturated heterocycles. The Bertz CT molecular complexity index is 871. The molecular weight excluding hydrogens is 353 g/mol. The van der Waals surface area contributed by atoms with Crippen molar-refractivity contribution in [2.24, 2.45) is 0 Å². The van der Waals surface area contributed by atoms with Gasteiger partial charge in [0, 0.05) is 16.7 Å². The van der Waals surface area contributed by atoms with Gasteiger partial charge in [0.15, 0.2) is 9.79 Å². The van der Waals surface area contributed by atoms with Gasteiger partial charge in [0.2, 0.25) is 5.82 Å². The molecule has 0 bridgehead atoms. The maximum atomic E-state index is 12.6. The molecule has 2 aromatic carbocycles. The van der Waals surface area contributed by atoms with Crippen LogP contribution >= 0.6 is 0 Å². The van der Waals surface area contributed by atoms with Crippen molar-refractivity contribution in [2.75, 3.05) is 0 Å². The van der Waals surface area contributed by atoms with E-state index in [4.69, 9.17) is 0 Å². The average molecular weight is 366 g/mol. The lowest BCUT2D eigenvalue weighted by Crippen LogP contribution is -2.05. The van der Waals surface area contributed by atoms with E-state index in [1.54, 1.807) is 12.1 Å². The lowest BCUT2D eigenvalue weighted by Gasteiger charge is -2.11. The number of aryl methyl sites for hydroxylation is 2. The van der Waals surface area contributed by atoms with Gasteiger partial charge in [-0.25, -0.2) is 0 Å². The van der Waals surface area contributed by atoms with Gasteiger partial charge in [-0.15, -0.1) is 0 Å². The highest BCUT2D eigenvalue weighted by Gasteiger charge is 2.38. The second-order valence-corrected chi connectivity index (χ2v) is 7.02. The van der Waals surface area contributed by atoms with Crippen LogP contribution < -0.4 is 0 Å². The molecule has 0 fully saturated rings. The molecule has 25 heavy (non-hydrogen) atoms. The van der Waals surface area contributed by atoms with Gasteiger partial charge in [-0.2, -0.15) is 18.2 Å². The lowest BCUT2D eigenvalue weighted by atomic mass is 10.2. The van der Waals surface area contributed by atoms with Crippen LogP contribution in [-0.4, -0.2) is 14.7 Å². The summed E-state index contributed by atoms with van der Waals surface area (Å²) in [7, 11) is 0. The largest absolute Gasteiger partial charge is 0.606 e. The molecule has 4 nitrogen and oxygen atoms in total. The third kappa shape index (κ3) is 3.85. The van der Waals surface area contributed by atoms with Crippen LogP contribution in [0.15, 0.2) is 56.8 Å². The molecule has 3 aromatic rings. The number of hydrogen-bond acceptors (Lipinski definition) is 4. The second kappa shape index (κ2) is 6.53. The summed E-state index contributed by atoms with van der Waals surface area (Å²) in [6.45, 7) is 3.84. The van der Waals surface area contributed by atoms with Gasteiger partial charge in [-0.05, 0) is 61.4 Å². The van der Waals surface area contributed by atoms with Gasteiger partial charge in [0.25, 0.3) is 0 Å². The minimum atomic E-state index is -4.68. The fourth-order valence-corrected chi connectivity index (χ4v) is 3.60. The van der Waals surface area contributed by atoms with E-state index >= 15 is 0 Å². The highest BCUT2D eigenvalue weighted by Crippen LogP contribution is 2.30. The van der Waals surface area contributed by atoms with E-state index in [-0.39, 0.29) is 5.82 Å². The summed E-state index contributed by atoms with van der Waals surface area (Å²) in [4.78, 5) is 4.53. The van der Waals surface area contributed by atoms with Crippen molar-refractivity contribution in [1.29, 1.82) is 0 Å². The summed E-state index contributed by atoms with van der Waals surface area (Å²) in [5.74, 6) is -1.57. The van der Waals surface area contributed by atoms with Gasteiger partial charge in [-0.3, -0.25) is 0 Å². The van der Waals surface area contributed by atoms with E-state index in [0.29, 0.717) is 15.4 Å². The van der Waals surface area contributed by atoms with Crippen molar-refractivity contribution in [3.63, 3.8) is 0 Å². The summed E-state index contributed by atoms with van der Waals surface area (Å²) in [5.41, 5.74) is 2.36. The first-order chi connectivity index (χ1) is 11.7. The third-order valence-corrected chi connectivity index (χ3v) is 4.77. The number of hydrogen-bond donors (Lipinski definition) is 0. The Kier molecular flexibility index (Phi) is 4.57. The molecule has 3 rings (SSSR count). The van der Waals surface area contributed by atoms with E-state index in [1.807, 2.05) is 32.0 Å². The molecular formula is C17H13F3N2O2S. The zero-order valence-electron chi connectivity index (χ0n) is 13.3. The number of benzene rings is 2. The quantitative estimate of drug-likeness (QED) is 0.639. The molecule has 1 unspecified atom stereocenters. The maximum Gasteiger partial charge on any atom is 0.471 e. The third-order valence-electron chi connectivity index (χ3n) is 3.40. The van der Waals surface area contributed by atoms with Crippen molar-refractivity contribution >= 4 is 11.2 Å². The van der Waals surface area contributed by atoms with E-state index in [2.05, 4.69) is 14.7 Å². The molecule has 0 saturated carbocycles. The highest BCUT2D eigenvalue weighted by atomic mass is 32.2. The topological polar surface area (TPSA) is 62.0 Å². The zero-order chi connectivity index (χ0) is 18.2. The van der Waals surface area contributed by atoms with Crippen LogP contribution in [0.3, 0.4) is 0 Å². The Hall–Kier alpha value is -2.32. The van der Waals surface area contributed by atoms with Gasteiger partial charge < -0.3 is 9.08 Å². The molecule has 130 valence electrons. The SMILES string of the molecule is Cc1cc(C)cc([S+]([O-])c2ccc(-c3noc(C(F)(F)F)n3)cc2)c1. The number of halogens is 3. The number of nitrogens with zero attached hydrogens (tertiary/aromatic N) is 2. The fourth-order valence-electron chi connectivity index (χ4n) is 2.36. The molecule has 1 aromatic heterocycles.